The quantitative estimate of drug-likeness (QED) is 0.882. The van der Waals surface area contributed by atoms with Gasteiger partial charge in [-0.2, -0.15) is 0 Å². The highest BCUT2D eigenvalue weighted by Gasteiger charge is 2.21. The molecule has 0 saturated heterocycles. The molecule has 0 aliphatic carbocycles. The Balaban J connectivity index is 2.45. The van der Waals surface area contributed by atoms with Crippen LogP contribution < -0.4 is 10.5 Å². The van der Waals surface area contributed by atoms with E-state index < -0.39 is 21.4 Å². The van der Waals surface area contributed by atoms with Crippen LogP contribution in [0.2, 0.25) is 0 Å². The molecule has 6 heteroatoms. The average Bonchev–Trinajstić information content (AvgIpc) is 2.43. The lowest BCUT2D eigenvalue weighted by molar-refractivity contribution is 0.385. The van der Waals surface area contributed by atoms with E-state index in [-0.39, 0.29) is 21.9 Å². The first-order chi connectivity index (χ1) is 9.85. The van der Waals surface area contributed by atoms with Crippen LogP contribution in [0.25, 0.3) is 0 Å². The van der Waals surface area contributed by atoms with Gasteiger partial charge in [-0.3, -0.25) is 0 Å². The van der Waals surface area contributed by atoms with Crippen LogP contribution in [0.1, 0.15) is 11.1 Å². The van der Waals surface area contributed by atoms with Crippen molar-refractivity contribution in [1.82, 2.24) is 0 Å². The van der Waals surface area contributed by atoms with Crippen LogP contribution in [-0.2, 0) is 15.6 Å². The Hall–Kier alpha value is -2.08. The van der Waals surface area contributed by atoms with E-state index in [0.29, 0.717) is 0 Å². The number of anilines is 1. The third-order valence-corrected chi connectivity index (χ3v) is 4.83. The third-order valence-electron chi connectivity index (χ3n) is 3.11. The fourth-order valence-corrected chi connectivity index (χ4v) is 3.60. The van der Waals surface area contributed by atoms with E-state index >= 15 is 0 Å². The van der Waals surface area contributed by atoms with Gasteiger partial charge < -0.3 is 10.5 Å². The van der Waals surface area contributed by atoms with E-state index in [1.165, 1.54) is 31.4 Å². The van der Waals surface area contributed by atoms with Crippen molar-refractivity contribution in [3.63, 3.8) is 0 Å². The summed E-state index contributed by atoms with van der Waals surface area (Å²) < 4.78 is 43.8. The van der Waals surface area contributed by atoms with Crippen molar-refractivity contribution in [3.8, 4) is 5.75 Å². The van der Waals surface area contributed by atoms with Gasteiger partial charge in [0.2, 0.25) is 0 Å². The smallest absolute Gasteiger partial charge is 0.184 e. The molecule has 0 saturated carbocycles. The Bertz CT molecular complexity index is 772. The molecule has 0 unspecified atom stereocenters. The zero-order chi connectivity index (χ0) is 15.6. The minimum Gasteiger partial charge on any atom is -0.494 e. The lowest BCUT2D eigenvalue weighted by atomic mass is 10.2. The first kappa shape index (κ1) is 15.3. The van der Waals surface area contributed by atoms with Gasteiger partial charge >= 0.3 is 0 Å². The summed E-state index contributed by atoms with van der Waals surface area (Å²) in [5, 5.41) is 0. The standard InChI is InChI=1S/C15H16FNO3S/c1-10-6-7-12(17)14(8-10)21(18,19)9-11-4-3-5-13(20-2)15(11)16/h3-8H,9,17H2,1-2H3. The van der Waals surface area contributed by atoms with Gasteiger partial charge in [-0.15, -0.1) is 0 Å². The van der Waals surface area contributed by atoms with Crippen LogP contribution >= 0.6 is 0 Å². The maximum atomic E-state index is 14.1. The van der Waals surface area contributed by atoms with Gasteiger partial charge in [0.25, 0.3) is 0 Å². The number of halogens is 1. The highest BCUT2D eigenvalue weighted by atomic mass is 32.2. The van der Waals surface area contributed by atoms with E-state index in [0.717, 1.165) is 5.56 Å². The molecule has 0 aliphatic rings. The van der Waals surface area contributed by atoms with Crippen molar-refractivity contribution in [2.45, 2.75) is 17.6 Å². The van der Waals surface area contributed by atoms with Gasteiger partial charge in [-0.05, 0) is 30.7 Å². The summed E-state index contributed by atoms with van der Waals surface area (Å²) in [6.45, 7) is 1.77. The van der Waals surface area contributed by atoms with E-state index in [1.54, 1.807) is 19.1 Å². The Morgan fingerprint density at radius 2 is 1.95 bits per heavy atom. The summed E-state index contributed by atoms with van der Waals surface area (Å²) in [5.74, 6) is -1.13. The molecule has 0 heterocycles. The molecule has 0 spiro atoms. The Morgan fingerprint density at radius 3 is 2.62 bits per heavy atom. The molecule has 0 bridgehead atoms. The van der Waals surface area contributed by atoms with Gasteiger partial charge in [0.15, 0.2) is 21.4 Å². The van der Waals surface area contributed by atoms with Crippen molar-refractivity contribution in [1.29, 1.82) is 0 Å². The molecule has 0 aromatic heterocycles. The van der Waals surface area contributed by atoms with E-state index in [2.05, 4.69) is 0 Å². The number of nitrogen functional groups attached to an aromatic ring is 1. The number of sulfone groups is 1. The summed E-state index contributed by atoms with van der Waals surface area (Å²) in [4.78, 5) is 0.0183. The maximum Gasteiger partial charge on any atom is 0.184 e. The van der Waals surface area contributed by atoms with E-state index in [4.69, 9.17) is 10.5 Å². The highest BCUT2D eigenvalue weighted by molar-refractivity contribution is 7.90. The number of hydrogen-bond donors (Lipinski definition) is 1. The monoisotopic (exact) mass is 309 g/mol. The van der Waals surface area contributed by atoms with Crippen LogP contribution in [0, 0.1) is 12.7 Å². The highest BCUT2D eigenvalue weighted by Crippen LogP contribution is 2.27. The minimum absolute atomic E-state index is 0.0138. The molecule has 112 valence electrons. The molecule has 0 atom stereocenters. The van der Waals surface area contributed by atoms with Crippen LogP contribution in [0.4, 0.5) is 10.1 Å². The molecule has 0 amide bonds. The van der Waals surface area contributed by atoms with Crippen molar-refractivity contribution in [2.24, 2.45) is 0 Å². The molecular formula is C15H16FNO3S. The predicted molar refractivity (Wildman–Crippen MR) is 79.4 cm³/mol. The largest absolute Gasteiger partial charge is 0.494 e. The Kier molecular flexibility index (Phi) is 4.18. The molecule has 2 rings (SSSR count). The third kappa shape index (κ3) is 3.16. The predicted octanol–water partition coefficient (Wildman–Crippen LogP) is 2.70. The number of aryl methyl sites for hydroxylation is 1. The summed E-state index contributed by atoms with van der Waals surface area (Å²) in [5.41, 5.74) is 6.71. The lowest BCUT2D eigenvalue weighted by Crippen LogP contribution is -2.09. The van der Waals surface area contributed by atoms with Crippen LogP contribution in [0.5, 0.6) is 5.75 Å². The average molecular weight is 309 g/mol. The summed E-state index contributed by atoms with van der Waals surface area (Å²) in [6.07, 6.45) is 0. The molecule has 4 nitrogen and oxygen atoms in total. The second-order valence-electron chi connectivity index (χ2n) is 4.73. The number of hydrogen-bond acceptors (Lipinski definition) is 4. The van der Waals surface area contributed by atoms with Crippen molar-refractivity contribution >= 4 is 15.5 Å². The normalized spacial score (nSPS) is 11.4. The first-order valence-electron chi connectivity index (χ1n) is 6.25. The zero-order valence-electron chi connectivity index (χ0n) is 11.8. The SMILES string of the molecule is COc1cccc(CS(=O)(=O)c2cc(C)ccc2N)c1F. The number of benzene rings is 2. The summed E-state index contributed by atoms with van der Waals surface area (Å²) in [7, 11) is -2.41. The summed E-state index contributed by atoms with van der Waals surface area (Å²) >= 11 is 0. The number of nitrogens with two attached hydrogens (primary N) is 1. The zero-order valence-corrected chi connectivity index (χ0v) is 12.6. The number of rotatable bonds is 4. The molecule has 0 radical (unpaired) electrons. The molecule has 2 aromatic rings. The number of ether oxygens (including phenoxy) is 1. The van der Waals surface area contributed by atoms with Crippen molar-refractivity contribution in [3.05, 3.63) is 53.3 Å². The number of methoxy groups -OCH3 is 1. The fraction of sp³-hybridized carbons (Fsp3) is 0.200. The second kappa shape index (κ2) is 5.73. The second-order valence-corrected chi connectivity index (χ2v) is 6.69. The minimum atomic E-state index is -3.73. The van der Waals surface area contributed by atoms with Crippen molar-refractivity contribution < 1.29 is 17.5 Å². The Morgan fingerprint density at radius 1 is 1.24 bits per heavy atom. The van der Waals surface area contributed by atoms with Crippen LogP contribution in [0.15, 0.2) is 41.3 Å². The summed E-state index contributed by atoms with van der Waals surface area (Å²) in [6, 6.07) is 9.15. The topological polar surface area (TPSA) is 69.4 Å². The molecule has 21 heavy (non-hydrogen) atoms. The van der Waals surface area contributed by atoms with Gasteiger partial charge in [0.05, 0.1) is 23.4 Å². The van der Waals surface area contributed by atoms with E-state index in [1.807, 2.05) is 0 Å². The maximum absolute atomic E-state index is 14.1. The fourth-order valence-electron chi connectivity index (χ4n) is 2.02. The van der Waals surface area contributed by atoms with Gasteiger partial charge in [0.1, 0.15) is 0 Å². The first-order valence-corrected chi connectivity index (χ1v) is 7.90. The van der Waals surface area contributed by atoms with Gasteiger partial charge in [0, 0.05) is 5.56 Å². The molecule has 2 aromatic carbocycles. The molecule has 2 N–H and O–H groups in total. The van der Waals surface area contributed by atoms with Crippen LogP contribution in [-0.4, -0.2) is 15.5 Å². The molecule has 0 fully saturated rings. The van der Waals surface area contributed by atoms with Gasteiger partial charge in [-0.1, -0.05) is 18.2 Å². The lowest BCUT2D eigenvalue weighted by Gasteiger charge is -2.10. The van der Waals surface area contributed by atoms with Gasteiger partial charge in [-0.25, -0.2) is 12.8 Å². The van der Waals surface area contributed by atoms with Crippen molar-refractivity contribution in [2.75, 3.05) is 12.8 Å². The molecular weight excluding hydrogens is 293 g/mol. The Labute approximate surface area is 123 Å². The van der Waals surface area contributed by atoms with E-state index in [9.17, 15) is 12.8 Å². The van der Waals surface area contributed by atoms with Crippen LogP contribution in [0.3, 0.4) is 0 Å². The molecule has 0 aliphatic heterocycles.